The van der Waals surface area contributed by atoms with Crippen molar-refractivity contribution in [2.24, 2.45) is 5.73 Å². The standard InChI is InChI=1S/C26H29N7O6/c1-2-39-25(37)19(31-23(35)20-21(34)16-5-3-4-6-17(16)30-20)13-29-26(38)32-18-11-12-33(24(18)36)15-9-7-14(8-10-15)22(27)28/h3-10,18-19,30,34H,2,11-13H2,1H3,(H3,27,28)(H,31,35)(H2,29,32,38). The fourth-order valence-electron chi connectivity index (χ4n) is 4.25. The van der Waals surface area contributed by atoms with Crippen LogP contribution in [0, 0.1) is 5.41 Å². The number of ether oxygens (including phenoxy) is 1. The van der Waals surface area contributed by atoms with Crippen LogP contribution in [0.2, 0.25) is 0 Å². The first-order chi connectivity index (χ1) is 18.7. The third-order valence-electron chi connectivity index (χ3n) is 6.25. The number of nitrogens with zero attached hydrogens (tertiary/aromatic N) is 1. The van der Waals surface area contributed by atoms with Gasteiger partial charge in [0.25, 0.3) is 5.91 Å². The van der Waals surface area contributed by atoms with E-state index in [-0.39, 0.29) is 36.3 Å². The molecule has 4 amide bonds. The predicted molar refractivity (Wildman–Crippen MR) is 143 cm³/mol. The number of hydrogen-bond donors (Lipinski definition) is 7. The number of rotatable bonds is 9. The molecule has 39 heavy (non-hydrogen) atoms. The molecular formula is C26H29N7O6. The van der Waals surface area contributed by atoms with Gasteiger partial charge in [0, 0.05) is 28.7 Å². The summed E-state index contributed by atoms with van der Waals surface area (Å²) in [6.45, 7) is 1.70. The average molecular weight is 536 g/mol. The van der Waals surface area contributed by atoms with Crippen LogP contribution in [0.1, 0.15) is 29.4 Å². The molecule has 1 aliphatic rings. The summed E-state index contributed by atoms with van der Waals surface area (Å²) < 4.78 is 5.02. The number of nitrogens with one attached hydrogen (secondary N) is 5. The molecule has 1 aliphatic heterocycles. The van der Waals surface area contributed by atoms with Crippen LogP contribution >= 0.6 is 0 Å². The molecule has 0 radical (unpaired) electrons. The first kappa shape index (κ1) is 27.0. The Bertz CT molecular complexity index is 1420. The zero-order valence-electron chi connectivity index (χ0n) is 21.1. The van der Waals surface area contributed by atoms with Gasteiger partial charge in [0.1, 0.15) is 23.6 Å². The van der Waals surface area contributed by atoms with Crippen LogP contribution in [0.5, 0.6) is 5.75 Å². The number of carbonyl (C=O) groups excluding carboxylic acids is 4. The van der Waals surface area contributed by atoms with Crippen LogP contribution in [0.25, 0.3) is 10.9 Å². The highest BCUT2D eigenvalue weighted by Gasteiger charge is 2.34. The van der Waals surface area contributed by atoms with Crippen LogP contribution in [-0.2, 0) is 14.3 Å². The Labute approximate surface area is 223 Å². The number of aromatic nitrogens is 1. The molecule has 204 valence electrons. The van der Waals surface area contributed by atoms with Crippen LogP contribution < -0.4 is 26.6 Å². The minimum Gasteiger partial charge on any atom is -0.505 e. The molecule has 3 aromatic rings. The van der Waals surface area contributed by atoms with Gasteiger partial charge in [0.05, 0.1) is 13.2 Å². The van der Waals surface area contributed by atoms with Crippen LogP contribution in [-0.4, -0.2) is 71.5 Å². The lowest BCUT2D eigenvalue weighted by molar-refractivity contribution is -0.145. The van der Waals surface area contributed by atoms with E-state index >= 15 is 0 Å². The van der Waals surface area contributed by atoms with Crippen molar-refractivity contribution < 1.29 is 29.0 Å². The second kappa shape index (κ2) is 11.5. The molecule has 2 atom stereocenters. The predicted octanol–water partition coefficient (Wildman–Crippen LogP) is 0.924. The van der Waals surface area contributed by atoms with E-state index in [9.17, 15) is 24.3 Å². The second-order valence-electron chi connectivity index (χ2n) is 8.82. The average Bonchev–Trinajstić information content (AvgIpc) is 3.46. The largest absolute Gasteiger partial charge is 0.505 e. The molecule has 2 heterocycles. The van der Waals surface area contributed by atoms with Crippen molar-refractivity contribution in [2.45, 2.75) is 25.4 Å². The number of H-pyrrole nitrogens is 1. The Morgan fingerprint density at radius 3 is 2.59 bits per heavy atom. The molecule has 2 aromatic carbocycles. The SMILES string of the molecule is CCOC(=O)C(CNC(=O)NC1CCN(c2ccc(C(=N)N)cc2)C1=O)NC(=O)c1[nH]c2ccccc2c1O. The maximum Gasteiger partial charge on any atom is 0.330 e. The maximum atomic E-state index is 12.9. The Hall–Kier alpha value is -5.07. The van der Waals surface area contributed by atoms with Gasteiger partial charge in [0.2, 0.25) is 5.91 Å². The minimum absolute atomic E-state index is 0.0504. The number of anilines is 1. The summed E-state index contributed by atoms with van der Waals surface area (Å²) in [6.07, 6.45) is 0.360. The lowest BCUT2D eigenvalue weighted by Crippen LogP contribution is -2.53. The number of aromatic amines is 1. The molecule has 0 saturated carbocycles. The first-order valence-electron chi connectivity index (χ1n) is 12.3. The van der Waals surface area contributed by atoms with Gasteiger partial charge >= 0.3 is 12.0 Å². The molecule has 1 aromatic heterocycles. The first-order valence-corrected chi connectivity index (χ1v) is 12.3. The van der Waals surface area contributed by atoms with Crippen molar-refractivity contribution >= 4 is 46.2 Å². The van der Waals surface area contributed by atoms with Crippen LogP contribution in [0.15, 0.2) is 48.5 Å². The molecule has 0 aliphatic carbocycles. The lowest BCUT2D eigenvalue weighted by atomic mass is 10.2. The number of nitrogen functional groups attached to an aromatic ring is 1. The van der Waals surface area contributed by atoms with Gasteiger partial charge < -0.3 is 41.4 Å². The number of carbonyl (C=O) groups is 4. The number of para-hydroxylation sites is 1. The number of amides is 4. The highest BCUT2D eigenvalue weighted by Crippen LogP contribution is 2.28. The van der Waals surface area contributed by atoms with Gasteiger partial charge in [-0.1, -0.05) is 12.1 Å². The van der Waals surface area contributed by atoms with Crippen molar-refractivity contribution in [1.29, 1.82) is 5.41 Å². The van der Waals surface area contributed by atoms with Crippen LogP contribution in [0.3, 0.4) is 0 Å². The summed E-state index contributed by atoms with van der Waals surface area (Å²) in [7, 11) is 0. The Morgan fingerprint density at radius 1 is 1.21 bits per heavy atom. The van der Waals surface area contributed by atoms with Crippen molar-refractivity contribution in [3.05, 3.63) is 59.8 Å². The molecule has 13 nitrogen and oxygen atoms in total. The zero-order chi connectivity index (χ0) is 28.1. The Morgan fingerprint density at radius 2 is 1.92 bits per heavy atom. The van der Waals surface area contributed by atoms with Gasteiger partial charge in [-0.3, -0.25) is 15.0 Å². The van der Waals surface area contributed by atoms with E-state index in [2.05, 4.69) is 20.9 Å². The molecule has 4 rings (SSSR count). The third-order valence-corrected chi connectivity index (χ3v) is 6.25. The van der Waals surface area contributed by atoms with E-state index in [1.54, 1.807) is 55.5 Å². The highest BCUT2D eigenvalue weighted by atomic mass is 16.5. The number of benzene rings is 2. The molecule has 1 fully saturated rings. The van der Waals surface area contributed by atoms with Gasteiger partial charge in [-0.15, -0.1) is 0 Å². The monoisotopic (exact) mass is 535 g/mol. The number of fused-ring (bicyclic) bond motifs is 1. The summed E-state index contributed by atoms with van der Waals surface area (Å²) in [5.41, 5.74) is 7.01. The second-order valence-corrected chi connectivity index (χ2v) is 8.82. The smallest absolute Gasteiger partial charge is 0.330 e. The third kappa shape index (κ3) is 5.92. The Kier molecular flexibility index (Phi) is 7.98. The molecule has 2 unspecified atom stereocenters. The lowest BCUT2D eigenvalue weighted by Gasteiger charge is -2.19. The highest BCUT2D eigenvalue weighted by molar-refractivity contribution is 6.04. The number of aromatic hydroxyl groups is 1. The topological polar surface area (TPSA) is 203 Å². The quantitative estimate of drug-likeness (QED) is 0.120. The van der Waals surface area contributed by atoms with Gasteiger partial charge in [0.15, 0.2) is 5.75 Å². The van der Waals surface area contributed by atoms with E-state index in [1.165, 1.54) is 4.90 Å². The van der Waals surface area contributed by atoms with Gasteiger partial charge in [-0.2, -0.15) is 0 Å². The molecule has 13 heteroatoms. The minimum atomic E-state index is -1.26. The summed E-state index contributed by atoms with van der Waals surface area (Å²) in [6, 6.07) is 10.6. The molecule has 0 bridgehead atoms. The van der Waals surface area contributed by atoms with E-state index in [4.69, 9.17) is 15.9 Å². The van der Waals surface area contributed by atoms with Crippen molar-refractivity contribution in [1.82, 2.24) is 20.9 Å². The van der Waals surface area contributed by atoms with Crippen molar-refractivity contribution in [2.75, 3.05) is 24.6 Å². The molecule has 1 saturated heterocycles. The van der Waals surface area contributed by atoms with E-state index in [0.717, 1.165) is 0 Å². The van der Waals surface area contributed by atoms with E-state index in [1.807, 2.05) is 0 Å². The number of nitrogens with two attached hydrogens (primary N) is 1. The summed E-state index contributed by atoms with van der Waals surface area (Å²) >= 11 is 0. The summed E-state index contributed by atoms with van der Waals surface area (Å²) in [5, 5.41) is 25.9. The number of hydrogen-bond acceptors (Lipinski definition) is 7. The van der Waals surface area contributed by atoms with Crippen molar-refractivity contribution in [3.63, 3.8) is 0 Å². The fraction of sp³-hybridized carbons (Fsp3) is 0.269. The fourth-order valence-corrected chi connectivity index (χ4v) is 4.25. The Balaban J connectivity index is 1.36. The summed E-state index contributed by atoms with van der Waals surface area (Å²) in [5.74, 6) is -2.21. The number of amidine groups is 1. The van der Waals surface area contributed by atoms with E-state index in [0.29, 0.717) is 35.1 Å². The number of urea groups is 1. The zero-order valence-corrected chi connectivity index (χ0v) is 21.1. The van der Waals surface area contributed by atoms with Gasteiger partial charge in [-0.25, -0.2) is 9.59 Å². The molecule has 8 N–H and O–H groups in total. The van der Waals surface area contributed by atoms with Crippen LogP contribution in [0.4, 0.5) is 10.5 Å². The number of esters is 1. The molecular weight excluding hydrogens is 506 g/mol. The normalized spacial score (nSPS) is 15.6. The maximum absolute atomic E-state index is 12.9. The van der Waals surface area contributed by atoms with Gasteiger partial charge in [-0.05, 0) is 49.7 Å². The molecule has 0 spiro atoms. The van der Waals surface area contributed by atoms with E-state index < -0.39 is 30.0 Å². The van der Waals surface area contributed by atoms with Crippen molar-refractivity contribution in [3.8, 4) is 5.75 Å². The summed E-state index contributed by atoms with van der Waals surface area (Å²) in [4.78, 5) is 55.1.